The summed E-state index contributed by atoms with van der Waals surface area (Å²) in [6.07, 6.45) is 0.117. The van der Waals surface area contributed by atoms with Crippen molar-refractivity contribution in [3.63, 3.8) is 0 Å². The van der Waals surface area contributed by atoms with Crippen molar-refractivity contribution < 1.29 is 4.74 Å². The topological polar surface area (TPSA) is 39.1 Å². The number of hydrogen-bond donors (Lipinski definition) is 1. The molecule has 4 heteroatoms. The van der Waals surface area contributed by atoms with Crippen molar-refractivity contribution in [2.75, 3.05) is 20.2 Å². The van der Waals surface area contributed by atoms with Crippen LogP contribution in [0.4, 0.5) is 0 Å². The van der Waals surface area contributed by atoms with Gasteiger partial charge in [-0.1, -0.05) is 18.2 Å². The Bertz CT molecular complexity index is 506. The molecule has 1 aromatic heterocycles. The van der Waals surface area contributed by atoms with E-state index in [0.29, 0.717) is 0 Å². The van der Waals surface area contributed by atoms with Gasteiger partial charge in [0.15, 0.2) is 0 Å². The zero-order valence-corrected chi connectivity index (χ0v) is 9.31. The second-order valence-corrected chi connectivity index (χ2v) is 4.04. The molecule has 4 nitrogen and oxygen atoms in total. The second-order valence-electron chi connectivity index (χ2n) is 4.04. The highest BCUT2D eigenvalue weighted by Crippen LogP contribution is 2.28. The maximum absolute atomic E-state index is 5.79. The van der Waals surface area contributed by atoms with Gasteiger partial charge in [0.25, 0.3) is 0 Å². The third-order valence-electron chi connectivity index (χ3n) is 3.00. The fourth-order valence-electron chi connectivity index (χ4n) is 2.31. The monoisotopic (exact) mass is 217 g/mol. The van der Waals surface area contributed by atoms with Crippen LogP contribution in [-0.4, -0.2) is 30.0 Å². The van der Waals surface area contributed by atoms with Crippen LogP contribution >= 0.6 is 0 Å². The van der Waals surface area contributed by atoms with Gasteiger partial charge in [0.05, 0.1) is 24.4 Å². The molecule has 0 radical (unpaired) electrons. The van der Waals surface area contributed by atoms with Crippen LogP contribution in [0.5, 0.6) is 0 Å². The lowest BCUT2D eigenvalue weighted by molar-refractivity contribution is 0.0195. The Kier molecular flexibility index (Phi) is 2.38. The Labute approximate surface area is 94.2 Å². The first-order chi connectivity index (χ1) is 7.90. The summed E-state index contributed by atoms with van der Waals surface area (Å²) in [6.45, 7) is 2.42. The van der Waals surface area contributed by atoms with Gasteiger partial charge in [0.1, 0.15) is 6.10 Å². The standard InChI is InChI=1S/C12H15N3O/c1-13-8-11-12-9-4-2-3-5-10(9)14-15(12)6-7-16-11/h2-5,11,13H,6-8H2,1H3/t11-/m1/s1. The molecular weight excluding hydrogens is 202 g/mol. The largest absolute Gasteiger partial charge is 0.369 e. The average molecular weight is 217 g/mol. The molecule has 0 saturated heterocycles. The van der Waals surface area contributed by atoms with Crippen LogP contribution in [0.3, 0.4) is 0 Å². The zero-order valence-electron chi connectivity index (χ0n) is 9.31. The van der Waals surface area contributed by atoms with E-state index in [4.69, 9.17) is 4.74 Å². The van der Waals surface area contributed by atoms with Crippen molar-refractivity contribution >= 4 is 10.9 Å². The van der Waals surface area contributed by atoms with Crippen molar-refractivity contribution in [2.24, 2.45) is 0 Å². The lowest BCUT2D eigenvalue weighted by atomic mass is 10.1. The first-order valence-corrected chi connectivity index (χ1v) is 5.62. The summed E-state index contributed by atoms with van der Waals surface area (Å²) in [5.74, 6) is 0. The summed E-state index contributed by atoms with van der Waals surface area (Å²) < 4.78 is 7.87. The quantitative estimate of drug-likeness (QED) is 0.824. The molecule has 0 unspecified atom stereocenters. The van der Waals surface area contributed by atoms with E-state index in [1.165, 1.54) is 11.1 Å². The predicted octanol–water partition coefficient (Wildman–Crippen LogP) is 1.33. The summed E-state index contributed by atoms with van der Waals surface area (Å²) in [5, 5.41) is 8.97. The number of benzene rings is 1. The van der Waals surface area contributed by atoms with Crippen LogP contribution in [-0.2, 0) is 11.3 Å². The van der Waals surface area contributed by atoms with E-state index in [2.05, 4.69) is 33.3 Å². The van der Waals surface area contributed by atoms with Gasteiger partial charge in [0.2, 0.25) is 0 Å². The lowest BCUT2D eigenvalue weighted by Gasteiger charge is -2.24. The van der Waals surface area contributed by atoms with Crippen molar-refractivity contribution in [2.45, 2.75) is 12.6 Å². The van der Waals surface area contributed by atoms with Gasteiger partial charge in [-0.05, 0) is 13.1 Å². The molecule has 3 rings (SSSR count). The van der Waals surface area contributed by atoms with Gasteiger partial charge in [-0.2, -0.15) is 5.10 Å². The van der Waals surface area contributed by atoms with Crippen molar-refractivity contribution in [1.82, 2.24) is 15.1 Å². The molecule has 0 fully saturated rings. The van der Waals surface area contributed by atoms with Gasteiger partial charge >= 0.3 is 0 Å². The Morgan fingerprint density at radius 1 is 1.50 bits per heavy atom. The summed E-state index contributed by atoms with van der Waals surface area (Å²) in [6, 6.07) is 8.24. The molecule has 16 heavy (non-hydrogen) atoms. The highest BCUT2D eigenvalue weighted by atomic mass is 16.5. The molecule has 1 aliphatic rings. The van der Waals surface area contributed by atoms with Crippen molar-refractivity contribution in [3.05, 3.63) is 30.0 Å². The normalized spacial score (nSPS) is 19.9. The number of fused-ring (bicyclic) bond motifs is 3. The van der Waals surface area contributed by atoms with E-state index in [9.17, 15) is 0 Å². The first-order valence-electron chi connectivity index (χ1n) is 5.62. The van der Waals surface area contributed by atoms with Crippen LogP contribution in [0, 0.1) is 0 Å². The molecule has 1 atom stereocenters. The molecule has 84 valence electrons. The van der Waals surface area contributed by atoms with Crippen molar-refractivity contribution in [1.29, 1.82) is 0 Å². The van der Waals surface area contributed by atoms with Crippen LogP contribution in [0.1, 0.15) is 11.8 Å². The SMILES string of the molecule is CNC[C@H]1OCCn2nc3ccccc3c21. The minimum atomic E-state index is 0.117. The molecule has 0 aliphatic carbocycles. The maximum Gasteiger partial charge on any atom is 0.112 e. The minimum absolute atomic E-state index is 0.117. The zero-order chi connectivity index (χ0) is 11.0. The van der Waals surface area contributed by atoms with Crippen LogP contribution in [0.25, 0.3) is 10.9 Å². The highest BCUT2D eigenvalue weighted by Gasteiger charge is 2.24. The summed E-state index contributed by atoms with van der Waals surface area (Å²) in [4.78, 5) is 0. The number of aromatic nitrogens is 2. The number of likely N-dealkylation sites (N-methyl/N-ethyl adjacent to an activating group) is 1. The van der Waals surface area contributed by atoms with Gasteiger partial charge in [-0.25, -0.2) is 0 Å². The highest BCUT2D eigenvalue weighted by molar-refractivity contribution is 5.82. The molecule has 0 spiro atoms. The molecule has 0 amide bonds. The van der Waals surface area contributed by atoms with E-state index in [1.807, 2.05) is 13.1 Å². The Hall–Kier alpha value is -1.39. The van der Waals surface area contributed by atoms with E-state index in [-0.39, 0.29) is 6.10 Å². The summed E-state index contributed by atoms with van der Waals surface area (Å²) in [7, 11) is 1.95. The average Bonchev–Trinajstić information content (AvgIpc) is 2.68. The van der Waals surface area contributed by atoms with Crippen LogP contribution in [0.15, 0.2) is 24.3 Å². The number of rotatable bonds is 2. The van der Waals surface area contributed by atoms with E-state index in [0.717, 1.165) is 25.2 Å². The fraction of sp³-hybridized carbons (Fsp3) is 0.417. The van der Waals surface area contributed by atoms with Crippen LogP contribution < -0.4 is 5.32 Å². The van der Waals surface area contributed by atoms with Gasteiger partial charge in [-0.3, -0.25) is 4.68 Å². The third kappa shape index (κ3) is 1.42. The molecule has 1 aromatic carbocycles. The number of nitrogens with one attached hydrogen (secondary N) is 1. The van der Waals surface area contributed by atoms with E-state index < -0.39 is 0 Å². The second kappa shape index (κ2) is 3.88. The Morgan fingerprint density at radius 3 is 3.25 bits per heavy atom. The van der Waals surface area contributed by atoms with E-state index in [1.54, 1.807) is 0 Å². The Balaban J connectivity index is 2.16. The molecule has 0 saturated carbocycles. The van der Waals surface area contributed by atoms with E-state index >= 15 is 0 Å². The minimum Gasteiger partial charge on any atom is -0.369 e. The molecule has 1 aliphatic heterocycles. The van der Waals surface area contributed by atoms with Gasteiger partial charge < -0.3 is 10.1 Å². The maximum atomic E-state index is 5.79. The van der Waals surface area contributed by atoms with Crippen molar-refractivity contribution in [3.8, 4) is 0 Å². The summed E-state index contributed by atoms with van der Waals surface area (Å²) in [5.41, 5.74) is 2.26. The first kappa shape index (κ1) is 9.81. The Morgan fingerprint density at radius 2 is 2.38 bits per heavy atom. The molecule has 1 N–H and O–H groups in total. The number of nitrogens with zero attached hydrogens (tertiary/aromatic N) is 2. The molecule has 0 bridgehead atoms. The smallest absolute Gasteiger partial charge is 0.112 e. The lowest BCUT2D eigenvalue weighted by Crippen LogP contribution is -2.28. The third-order valence-corrected chi connectivity index (χ3v) is 3.00. The van der Waals surface area contributed by atoms with Crippen LogP contribution in [0.2, 0.25) is 0 Å². The molecular formula is C12H15N3O. The van der Waals surface area contributed by atoms with Gasteiger partial charge in [0, 0.05) is 11.9 Å². The fourth-order valence-corrected chi connectivity index (χ4v) is 2.31. The summed E-state index contributed by atoms with van der Waals surface area (Å²) >= 11 is 0. The molecule has 2 heterocycles. The number of hydrogen-bond acceptors (Lipinski definition) is 3. The van der Waals surface area contributed by atoms with Gasteiger partial charge in [-0.15, -0.1) is 0 Å². The predicted molar refractivity (Wildman–Crippen MR) is 62.4 cm³/mol. The molecule has 2 aromatic rings. The number of ether oxygens (including phenoxy) is 1.